The first-order chi connectivity index (χ1) is 4.48. The Balaban J connectivity index is 3.56. The van der Waals surface area contributed by atoms with E-state index in [1.165, 1.54) is 0 Å². The molecule has 3 heteroatoms. The number of aliphatic carboxylic acids is 1. The number of hydrogen-bond acceptors (Lipinski definition) is 2. The van der Waals surface area contributed by atoms with Crippen LogP contribution in [-0.2, 0) is 4.79 Å². The Bertz CT molecular complexity index is 121. The van der Waals surface area contributed by atoms with Crippen LogP contribution in [0.1, 0.15) is 26.7 Å². The molecule has 3 nitrogen and oxygen atoms in total. The van der Waals surface area contributed by atoms with E-state index >= 15 is 0 Å². The third kappa shape index (κ3) is 4.32. The Morgan fingerprint density at radius 1 is 1.60 bits per heavy atom. The average molecular weight is 145 g/mol. The number of rotatable bonds is 4. The SMILES string of the molecule is CNC(C)(C)CCC(=O)O. The Labute approximate surface area is 61.4 Å². The molecule has 0 aromatic carbocycles. The van der Waals surface area contributed by atoms with Crippen LogP contribution in [0.5, 0.6) is 0 Å². The van der Waals surface area contributed by atoms with Crippen molar-refractivity contribution in [1.82, 2.24) is 5.32 Å². The van der Waals surface area contributed by atoms with Gasteiger partial charge in [-0.2, -0.15) is 0 Å². The molecule has 0 aliphatic heterocycles. The highest BCUT2D eigenvalue weighted by Gasteiger charge is 2.15. The van der Waals surface area contributed by atoms with Crippen LogP contribution in [0.3, 0.4) is 0 Å². The van der Waals surface area contributed by atoms with Gasteiger partial charge in [-0.3, -0.25) is 4.79 Å². The molecule has 0 aromatic heterocycles. The maximum Gasteiger partial charge on any atom is 0.303 e. The predicted molar refractivity (Wildman–Crippen MR) is 40.0 cm³/mol. The van der Waals surface area contributed by atoms with Gasteiger partial charge in [0.25, 0.3) is 0 Å². The maximum absolute atomic E-state index is 10.1. The van der Waals surface area contributed by atoms with Gasteiger partial charge < -0.3 is 10.4 Å². The number of nitrogens with one attached hydrogen (secondary N) is 1. The van der Waals surface area contributed by atoms with Gasteiger partial charge in [-0.1, -0.05) is 0 Å². The van der Waals surface area contributed by atoms with E-state index in [-0.39, 0.29) is 12.0 Å². The van der Waals surface area contributed by atoms with E-state index in [1.54, 1.807) is 0 Å². The Hall–Kier alpha value is -0.570. The lowest BCUT2D eigenvalue weighted by molar-refractivity contribution is -0.137. The van der Waals surface area contributed by atoms with Crippen LogP contribution < -0.4 is 5.32 Å². The summed E-state index contributed by atoms with van der Waals surface area (Å²) in [6, 6.07) is 0. The summed E-state index contributed by atoms with van der Waals surface area (Å²) in [7, 11) is 1.84. The summed E-state index contributed by atoms with van der Waals surface area (Å²) in [4.78, 5) is 10.1. The molecule has 0 atom stereocenters. The van der Waals surface area contributed by atoms with Crippen molar-refractivity contribution < 1.29 is 9.90 Å². The lowest BCUT2D eigenvalue weighted by Gasteiger charge is -2.22. The molecule has 60 valence electrons. The fourth-order valence-electron chi connectivity index (χ4n) is 0.544. The molecule has 0 fully saturated rings. The normalized spacial score (nSPS) is 11.5. The highest BCUT2D eigenvalue weighted by molar-refractivity contribution is 5.66. The van der Waals surface area contributed by atoms with Gasteiger partial charge in [0.2, 0.25) is 0 Å². The molecule has 0 unspecified atom stereocenters. The lowest BCUT2D eigenvalue weighted by Crippen LogP contribution is -2.36. The van der Waals surface area contributed by atoms with Crippen LogP contribution in [0.2, 0.25) is 0 Å². The van der Waals surface area contributed by atoms with E-state index in [4.69, 9.17) is 5.11 Å². The fourth-order valence-corrected chi connectivity index (χ4v) is 0.544. The molecular weight excluding hydrogens is 130 g/mol. The van der Waals surface area contributed by atoms with Crippen LogP contribution in [0.4, 0.5) is 0 Å². The highest BCUT2D eigenvalue weighted by Crippen LogP contribution is 2.09. The van der Waals surface area contributed by atoms with Gasteiger partial charge in [0.15, 0.2) is 0 Å². The van der Waals surface area contributed by atoms with E-state index < -0.39 is 5.97 Å². The van der Waals surface area contributed by atoms with Crippen molar-refractivity contribution in [3.8, 4) is 0 Å². The van der Waals surface area contributed by atoms with E-state index in [0.717, 1.165) is 0 Å². The molecule has 0 saturated carbocycles. The second kappa shape index (κ2) is 3.56. The smallest absolute Gasteiger partial charge is 0.303 e. The second-order valence-corrected chi connectivity index (χ2v) is 3.03. The van der Waals surface area contributed by atoms with Gasteiger partial charge in [-0.25, -0.2) is 0 Å². The van der Waals surface area contributed by atoms with Crippen molar-refractivity contribution in [1.29, 1.82) is 0 Å². The van der Waals surface area contributed by atoms with Crippen molar-refractivity contribution in [3.63, 3.8) is 0 Å². The van der Waals surface area contributed by atoms with E-state index in [1.807, 2.05) is 20.9 Å². The molecule has 0 amide bonds. The molecule has 0 aromatic rings. The number of hydrogen-bond donors (Lipinski definition) is 2. The molecule has 0 rings (SSSR count). The number of carbonyl (C=O) groups is 1. The number of carboxylic acids is 1. The van der Waals surface area contributed by atoms with Crippen LogP contribution in [0.25, 0.3) is 0 Å². The van der Waals surface area contributed by atoms with Crippen molar-refractivity contribution in [2.24, 2.45) is 0 Å². The minimum absolute atomic E-state index is 0.0572. The van der Waals surface area contributed by atoms with Gasteiger partial charge in [0, 0.05) is 12.0 Å². The molecule has 2 N–H and O–H groups in total. The summed E-state index contributed by atoms with van der Waals surface area (Å²) in [5.41, 5.74) is -0.0572. The summed E-state index contributed by atoms with van der Waals surface area (Å²) in [6.07, 6.45) is 0.896. The molecule has 0 heterocycles. The third-order valence-electron chi connectivity index (χ3n) is 1.64. The summed E-state index contributed by atoms with van der Waals surface area (Å²) < 4.78 is 0. The maximum atomic E-state index is 10.1. The Morgan fingerprint density at radius 2 is 2.10 bits per heavy atom. The van der Waals surface area contributed by atoms with E-state index in [2.05, 4.69) is 5.32 Å². The molecule has 0 bridgehead atoms. The van der Waals surface area contributed by atoms with Crippen molar-refractivity contribution in [2.75, 3.05) is 7.05 Å². The minimum Gasteiger partial charge on any atom is -0.481 e. The summed E-state index contributed by atoms with van der Waals surface area (Å²) in [5.74, 6) is -0.733. The van der Waals surface area contributed by atoms with Gasteiger partial charge in [0.1, 0.15) is 0 Å². The summed E-state index contributed by atoms with van der Waals surface area (Å²) in [6.45, 7) is 3.96. The second-order valence-electron chi connectivity index (χ2n) is 3.03. The highest BCUT2D eigenvalue weighted by atomic mass is 16.4. The molecule has 10 heavy (non-hydrogen) atoms. The monoisotopic (exact) mass is 145 g/mol. The molecular formula is C7H15NO2. The molecule has 0 aliphatic carbocycles. The summed E-state index contributed by atoms with van der Waals surface area (Å²) >= 11 is 0. The van der Waals surface area contributed by atoms with Gasteiger partial charge >= 0.3 is 5.97 Å². The minimum atomic E-state index is -0.733. The first-order valence-electron chi connectivity index (χ1n) is 3.38. The summed E-state index contributed by atoms with van der Waals surface area (Å²) in [5, 5.41) is 11.4. The number of carboxylic acid groups (broad SMARTS) is 1. The van der Waals surface area contributed by atoms with Crippen molar-refractivity contribution >= 4 is 5.97 Å². The first-order valence-corrected chi connectivity index (χ1v) is 3.38. The lowest BCUT2D eigenvalue weighted by atomic mass is 9.99. The van der Waals surface area contributed by atoms with Crippen molar-refractivity contribution in [2.45, 2.75) is 32.2 Å². The van der Waals surface area contributed by atoms with Gasteiger partial charge in [-0.05, 0) is 27.3 Å². The van der Waals surface area contributed by atoms with Crippen LogP contribution in [0.15, 0.2) is 0 Å². The zero-order chi connectivity index (χ0) is 8.20. The molecule has 0 aliphatic rings. The fraction of sp³-hybridized carbons (Fsp3) is 0.857. The quantitative estimate of drug-likeness (QED) is 0.616. The zero-order valence-corrected chi connectivity index (χ0v) is 6.77. The molecule has 0 spiro atoms. The van der Waals surface area contributed by atoms with Crippen LogP contribution in [0, 0.1) is 0 Å². The van der Waals surface area contributed by atoms with Crippen LogP contribution >= 0.6 is 0 Å². The first kappa shape index (κ1) is 9.43. The third-order valence-corrected chi connectivity index (χ3v) is 1.64. The van der Waals surface area contributed by atoms with Gasteiger partial charge in [0.05, 0.1) is 0 Å². The average Bonchev–Trinajstić information content (AvgIpc) is 1.85. The Morgan fingerprint density at radius 3 is 2.40 bits per heavy atom. The standard InChI is InChI=1S/C7H15NO2/c1-7(2,8-3)5-4-6(9)10/h8H,4-5H2,1-3H3,(H,9,10). The molecule has 0 saturated heterocycles. The Kier molecular flexibility index (Phi) is 3.36. The van der Waals surface area contributed by atoms with Gasteiger partial charge in [-0.15, -0.1) is 0 Å². The largest absolute Gasteiger partial charge is 0.481 e. The van der Waals surface area contributed by atoms with E-state index in [9.17, 15) is 4.79 Å². The molecule has 0 radical (unpaired) electrons. The van der Waals surface area contributed by atoms with Crippen molar-refractivity contribution in [3.05, 3.63) is 0 Å². The van der Waals surface area contributed by atoms with E-state index in [0.29, 0.717) is 6.42 Å². The zero-order valence-electron chi connectivity index (χ0n) is 6.77. The predicted octanol–water partition coefficient (Wildman–Crippen LogP) is 0.849. The topological polar surface area (TPSA) is 49.3 Å². The van der Waals surface area contributed by atoms with Crippen LogP contribution in [-0.4, -0.2) is 23.7 Å².